The van der Waals surface area contributed by atoms with Crippen LogP contribution in [0.3, 0.4) is 0 Å². The molecule has 0 saturated heterocycles. The number of amides is 1. The summed E-state index contributed by atoms with van der Waals surface area (Å²) >= 11 is 1.15. The van der Waals surface area contributed by atoms with Gasteiger partial charge < -0.3 is 15.1 Å². The Kier molecular flexibility index (Phi) is 5.18. The maximum Gasteiger partial charge on any atom is 0.240 e. The quantitative estimate of drug-likeness (QED) is 0.645. The molecule has 4 rings (SSSR count). The van der Waals surface area contributed by atoms with E-state index >= 15 is 0 Å². The van der Waals surface area contributed by atoms with E-state index in [1.54, 1.807) is 24.0 Å². The molecule has 0 aliphatic carbocycles. The molecule has 148 valence electrons. The third kappa shape index (κ3) is 3.28. The van der Waals surface area contributed by atoms with Gasteiger partial charge in [0.1, 0.15) is 34.3 Å². The van der Waals surface area contributed by atoms with Crippen LogP contribution >= 0.6 is 11.8 Å². The van der Waals surface area contributed by atoms with E-state index in [-0.39, 0.29) is 22.9 Å². The highest BCUT2D eigenvalue weighted by Crippen LogP contribution is 2.38. The second-order valence-corrected chi connectivity index (χ2v) is 8.09. The predicted molar refractivity (Wildman–Crippen MR) is 114 cm³/mol. The monoisotopic (exact) mass is 415 g/mol. The lowest BCUT2D eigenvalue weighted by Crippen LogP contribution is -2.35. The number of fused-ring (bicyclic) bond motifs is 1. The Morgan fingerprint density at radius 1 is 1.23 bits per heavy atom. The number of anilines is 2. The molecular formula is C22H17N5O2S. The van der Waals surface area contributed by atoms with Crippen LogP contribution in [0.1, 0.15) is 23.6 Å². The summed E-state index contributed by atoms with van der Waals surface area (Å²) in [6.45, 7) is 2.40. The first kappa shape index (κ1) is 19.6. The SMILES string of the molecule is CC(Sc1nc(N)c(C#N)c(-c2ccco2)c1C#N)C(=O)N1CCc2ccccc21. The van der Waals surface area contributed by atoms with E-state index in [1.165, 1.54) is 6.26 Å². The van der Waals surface area contributed by atoms with Crippen molar-refractivity contribution in [2.24, 2.45) is 0 Å². The number of hydrogen-bond acceptors (Lipinski definition) is 7. The molecule has 0 bridgehead atoms. The number of nitrogens with zero attached hydrogens (tertiary/aromatic N) is 4. The number of carbonyl (C=O) groups excluding carboxylic acids is 1. The molecule has 2 aromatic heterocycles. The molecule has 30 heavy (non-hydrogen) atoms. The highest BCUT2D eigenvalue weighted by molar-refractivity contribution is 8.00. The molecule has 0 fully saturated rings. The number of nitrogen functional groups attached to an aromatic ring is 1. The fraction of sp³-hybridized carbons (Fsp3) is 0.182. The number of aromatic nitrogens is 1. The Hall–Kier alpha value is -3.75. The number of pyridine rings is 1. The van der Waals surface area contributed by atoms with E-state index in [1.807, 2.05) is 30.3 Å². The molecule has 1 amide bonds. The van der Waals surface area contributed by atoms with Gasteiger partial charge in [0.05, 0.1) is 22.6 Å². The zero-order valence-corrected chi connectivity index (χ0v) is 16.9. The molecule has 1 atom stereocenters. The van der Waals surface area contributed by atoms with Crippen LogP contribution in [0, 0.1) is 22.7 Å². The molecule has 1 aliphatic rings. The molecule has 0 spiro atoms. The normalized spacial score (nSPS) is 13.4. The lowest BCUT2D eigenvalue weighted by atomic mass is 10.0. The van der Waals surface area contributed by atoms with Gasteiger partial charge in [-0.15, -0.1) is 0 Å². The fourth-order valence-electron chi connectivity index (χ4n) is 3.56. The molecule has 1 aromatic carbocycles. The van der Waals surface area contributed by atoms with Crippen LogP contribution in [0.15, 0.2) is 52.1 Å². The first-order valence-corrected chi connectivity index (χ1v) is 10.2. The van der Waals surface area contributed by atoms with Crippen LogP contribution < -0.4 is 10.6 Å². The van der Waals surface area contributed by atoms with Crippen molar-refractivity contribution in [3.63, 3.8) is 0 Å². The molecule has 3 aromatic rings. The van der Waals surface area contributed by atoms with Gasteiger partial charge in [-0.3, -0.25) is 4.79 Å². The summed E-state index contributed by atoms with van der Waals surface area (Å²) in [6, 6.07) is 15.3. The maximum absolute atomic E-state index is 13.1. The first-order valence-electron chi connectivity index (χ1n) is 9.28. The number of carbonyl (C=O) groups is 1. The molecule has 1 aliphatic heterocycles. The van der Waals surface area contributed by atoms with E-state index in [0.717, 1.165) is 29.4 Å². The summed E-state index contributed by atoms with van der Waals surface area (Å²) in [6.07, 6.45) is 2.27. The Morgan fingerprint density at radius 3 is 2.70 bits per heavy atom. The van der Waals surface area contributed by atoms with E-state index in [9.17, 15) is 15.3 Å². The van der Waals surface area contributed by atoms with E-state index in [4.69, 9.17) is 10.2 Å². The van der Waals surface area contributed by atoms with Crippen molar-refractivity contribution in [3.05, 3.63) is 59.4 Å². The number of rotatable bonds is 4. The Labute approximate surface area is 177 Å². The van der Waals surface area contributed by atoms with Crippen LogP contribution in [0.5, 0.6) is 0 Å². The number of furan rings is 1. The zero-order valence-electron chi connectivity index (χ0n) is 16.1. The zero-order chi connectivity index (χ0) is 21.3. The molecule has 0 radical (unpaired) electrons. The van der Waals surface area contributed by atoms with Crippen LogP contribution in [0.4, 0.5) is 11.5 Å². The van der Waals surface area contributed by atoms with E-state index in [0.29, 0.717) is 22.9 Å². The Balaban J connectivity index is 1.69. The summed E-state index contributed by atoms with van der Waals surface area (Å²) in [5, 5.41) is 19.1. The summed E-state index contributed by atoms with van der Waals surface area (Å²) in [4.78, 5) is 19.2. The van der Waals surface area contributed by atoms with Crippen LogP contribution in [-0.4, -0.2) is 22.7 Å². The van der Waals surface area contributed by atoms with Gasteiger partial charge in [-0.25, -0.2) is 4.98 Å². The predicted octanol–water partition coefficient (Wildman–Crippen LogP) is 3.74. The highest BCUT2D eigenvalue weighted by atomic mass is 32.2. The van der Waals surface area contributed by atoms with Crippen molar-refractivity contribution in [2.75, 3.05) is 17.2 Å². The third-order valence-corrected chi connectivity index (χ3v) is 6.05. The van der Waals surface area contributed by atoms with E-state index < -0.39 is 5.25 Å². The van der Waals surface area contributed by atoms with Crippen molar-refractivity contribution in [1.29, 1.82) is 10.5 Å². The average molecular weight is 415 g/mol. The number of hydrogen-bond donors (Lipinski definition) is 1. The van der Waals surface area contributed by atoms with Crippen LogP contribution in [-0.2, 0) is 11.2 Å². The summed E-state index contributed by atoms with van der Waals surface area (Å²) < 4.78 is 5.42. The second-order valence-electron chi connectivity index (χ2n) is 6.76. The van der Waals surface area contributed by atoms with Crippen molar-refractivity contribution in [3.8, 4) is 23.5 Å². The van der Waals surface area contributed by atoms with Gasteiger partial charge in [-0.05, 0) is 37.1 Å². The molecule has 8 heteroatoms. The molecule has 1 unspecified atom stereocenters. The lowest BCUT2D eigenvalue weighted by molar-refractivity contribution is -0.117. The van der Waals surface area contributed by atoms with Gasteiger partial charge in [-0.2, -0.15) is 10.5 Å². The summed E-state index contributed by atoms with van der Waals surface area (Å²) in [5.74, 6) is 0.279. The van der Waals surface area contributed by atoms with Gasteiger partial charge in [0, 0.05) is 12.2 Å². The molecule has 3 heterocycles. The van der Waals surface area contributed by atoms with Crippen LogP contribution in [0.2, 0.25) is 0 Å². The standard InChI is InChI=1S/C22H17N5O2S/c1-13(22(28)27-9-8-14-5-2-3-6-17(14)27)30-21-16(12-24)19(18-7-4-10-29-18)15(11-23)20(25)26-21/h2-7,10,13H,8-9H2,1H3,(H2,25,26). The van der Waals surface area contributed by atoms with E-state index in [2.05, 4.69) is 11.1 Å². The first-order chi connectivity index (χ1) is 14.5. The second kappa shape index (κ2) is 7.94. The number of para-hydroxylation sites is 1. The van der Waals surface area contributed by atoms with Gasteiger partial charge in [-0.1, -0.05) is 30.0 Å². The van der Waals surface area contributed by atoms with Gasteiger partial charge in [0.15, 0.2) is 0 Å². The third-order valence-electron chi connectivity index (χ3n) is 4.97. The number of nitrogens with two attached hydrogens (primary N) is 1. The highest BCUT2D eigenvalue weighted by Gasteiger charge is 2.30. The Morgan fingerprint density at radius 2 is 2.00 bits per heavy atom. The minimum Gasteiger partial charge on any atom is -0.464 e. The van der Waals surface area contributed by atoms with Gasteiger partial charge >= 0.3 is 0 Å². The van der Waals surface area contributed by atoms with Crippen molar-refractivity contribution in [1.82, 2.24) is 4.98 Å². The van der Waals surface area contributed by atoms with Gasteiger partial charge in [0.2, 0.25) is 5.91 Å². The number of nitriles is 2. The summed E-state index contributed by atoms with van der Waals surface area (Å²) in [7, 11) is 0. The smallest absolute Gasteiger partial charge is 0.240 e. The number of benzene rings is 1. The van der Waals surface area contributed by atoms with Crippen molar-refractivity contribution in [2.45, 2.75) is 23.6 Å². The maximum atomic E-state index is 13.1. The van der Waals surface area contributed by atoms with Crippen LogP contribution in [0.25, 0.3) is 11.3 Å². The minimum atomic E-state index is -0.507. The van der Waals surface area contributed by atoms with Crippen molar-refractivity contribution >= 4 is 29.2 Å². The fourth-order valence-corrected chi connectivity index (χ4v) is 4.53. The largest absolute Gasteiger partial charge is 0.464 e. The molecule has 2 N–H and O–H groups in total. The Bertz CT molecular complexity index is 1210. The molecule has 0 saturated carbocycles. The molecule has 7 nitrogen and oxygen atoms in total. The average Bonchev–Trinajstić information content (AvgIpc) is 3.42. The lowest BCUT2D eigenvalue weighted by Gasteiger charge is -2.22. The minimum absolute atomic E-state index is 0.00318. The molecular weight excluding hydrogens is 398 g/mol. The number of thioether (sulfide) groups is 1. The summed E-state index contributed by atoms with van der Waals surface area (Å²) in [5.41, 5.74) is 8.61. The topological polar surface area (TPSA) is 120 Å². The van der Waals surface area contributed by atoms with Crippen molar-refractivity contribution < 1.29 is 9.21 Å². The van der Waals surface area contributed by atoms with Gasteiger partial charge in [0.25, 0.3) is 0 Å².